The van der Waals surface area contributed by atoms with Crippen molar-refractivity contribution in [3.8, 4) is 5.69 Å². The average molecular weight is 658 g/mol. The first-order valence-corrected chi connectivity index (χ1v) is 15.3. The first-order chi connectivity index (χ1) is 21.1. The molecule has 1 atom stereocenters. The molecule has 3 N–H and O–H groups in total. The largest absolute Gasteiger partial charge is 0.490 e. The van der Waals surface area contributed by atoms with E-state index < -0.39 is 12.1 Å². The number of rotatable bonds is 10. The zero-order valence-corrected chi connectivity index (χ0v) is 25.3. The summed E-state index contributed by atoms with van der Waals surface area (Å²) < 4.78 is 35.1. The second-order valence-corrected chi connectivity index (χ2v) is 12.2. The summed E-state index contributed by atoms with van der Waals surface area (Å²) >= 11 is 8.72. The number of alkyl halides is 3. The van der Waals surface area contributed by atoms with E-state index in [4.69, 9.17) is 27.2 Å². The van der Waals surface area contributed by atoms with Crippen molar-refractivity contribution in [1.82, 2.24) is 25.1 Å². The van der Waals surface area contributed by atoms with E-state index >= 15 is 0 Å². The summed E-state index contributed by atoms with van der Waals surface area (Å²) in [4.78, 5) is 29.3. The molecule has 14 heteroatoms. The number of aromatic amines is 1. The molecule has 2 aromatic heterocycles. The number of halogens is 3. The fourth-order valence-corrected chi connectivity index (χ4v) is 6.28. The smallest absolute Gasteiger partial charge is 0.475 e. The number of amides is 1. The van der Waals surface area contributed by atoms with Gasteiger partial charge in [-0.25, -0.2) is 14.5 Å². The van der Waals surface area contributed by atoms with Gasteiger partial charge in [0.25, 0.3) is 5.91 Å². The van der Waals surface area contributed by atoms with Gasteiger partial charge in [-0.2, -0.15) is 13.2 Å². The molecule has 0 fully saturated rings. The van der Waals surface area contributed by atoms with Gasteiger partial charge in [-0.05, 0) is 54.0 Å². The van der Waals surface area contributed by atoms with Gasteiger partial charge in [-0.1, -0.05) is 83.8 Å². The van der Waals surface area contributed by atoms with E-state index in [1.807, 2.05) is 60.7 Å². The van der Waals surface area contributed by atoms with Gasteiger partial charge in [0.05, 0.1) is 12.0 Å². The van der Waals surface area contributed by atoms with Crippen molar-refractivity contribution < 1.29 is 27.9 Å². The van der Waals surface area contributed by atoms with Crippen LogP contribution in [0.2, 0.25) is 0 Å². The topological polar surface area (TPSA) is 113 Å². The van der Waals surface area contributed by atoms with Gasteiger partial charge in [0.2, 0.25) is 0 Å². The van der Waals surface area contributed by atoms with Crippen LogP contribution in [0.1, 0.15) is 27.2 Å². The van der Waals surface area contributed by atoms with Crippen LogP contribution in [0.3, 0.4) is 0 Å². The minimum atomic E-state index is -5.08. The number of H-pyrrole nitrogens is 1. The Labute approximate surface area is 264 Å². The molecule has 3 aromatic carbocycles. The SMILES string of the molecule is O=C(NC(Cc1ccccc1)Cc1cnc[nH]1)c1ccc(-n2nc(SCc3ccccc3)sc2=S)cc1.O=C(O)C(F)(F)F. The fraction of sp³-hybridized carbons (Fsp3) is 0.167. The number of nitrogens with zero attached hydrogens (tertiary/aromatic N) is 3. The van der Waals surface area contributed by atoms with Crippen LogP contribution in [-0.4, -0.2) is 48.9 Å². The van der Waals surface area contributed by atoms with Crippen LogP contribution in [0, 0.1) is 3.95 Å². The second-order valence-electron chi connectivity index (χ2n) is 9.31. The van der Waals surface area contributed by atoms with Gasteiger partial charge < -0.3 is 15.4 Å². The number of thioether (sulfide) groups is 1. The lowest BCUT2D eigenvalue weighted by atomic mass is 10.0. The number of carbonyl (C=O) groups is 2. The van der Waals surface area contributed by atoms with E-state index in [0.717, 1.165) is 27.9 Å². The van der Waals surface area contributed by atoms with Crippen molar-refractivity contribution in [1.29, 1.82) is 0 Å². The quantitative estimate of drug-likeness (QED) is 0.111. The van der Waals surface area contributed by atoms with E-state index in [1.165, 1.54) is 22.5 Å². The molecule has 0 aliphatic carbocycles. The number of hydrogen-bond donors (Lipinski definition) is 3. The van der Waals surface area contributed by atoms with Crippen molar-refractivity contribution in [2.24, 2.45) is 0 Å². The number of hydrogen-bond acceptors (Lipinski definition) is 7. The molecule has 0 saturated heterocycles. The molecule has 0 bridgehead atoms. The van der Waals surface area contributed by atoms with Crippen molar-refractivity contribution in [3.63, 3.8) is 0 Å². The highest BCUT2D eigenvalue weighted by Crippen LogP contribution is 2.27. The van der Waals surface area contributed by atoms with Crippen molar-refractivity contribution in [2.75, 3.05) is 0 Å². The molecule has 5 aromatic rings. The first kappa shape index (κ1) is 32.6. The third-order valence-corrected chi connectivity index (χ3v) is 8.47. The van der Waals surface area contributed by atoms with Gasteiger partial charge in [0.15, 0.2) is 8.29 Å². The Morgan fingerprint density at radius 2 is 1.59 bits per heavy atom. The van der Waals surface area contributed by atoms with Crippen LogP contribution < -0.4 is 5.32 Å². The van der Waals surface area contributed by atoms with Crippen molar-refractivity contribution in [3.05, 3.63) is 124 Å². The van der Waals surface area contributed by atoms with Gasteiger partial charge >= 0.3 is 12.1 Å². The highest BCUT2D eigenvalue weighted by atomic mass is 32.2. The fourth-order valence-electron chi connectivity index (χ4n) is 3.96. The Kier molecular flexibility index (Phi) is 11.5. The molecule has 2 heterocycles. The zero-order chi connectivity index (χ0) is 31.5. The van der Waals surface area contributed by atoms with Gasteiger partial charge in [0.1, 0.15) is 0 Å². The lowest BCUT2D eigenvalue weighted by Crippen LogP contribution is -2.38. The standard InChI is InChI=1S/C28H25N5OS3.C2HF3O2/c34-26(31-23(16-24-17-29-19-30-24)15-20-7-3-1-4-8-20)22-11-13-25(14-12-22)33-28(35)37-27(32-33)36-18-21-9-5-2-6-10-21;3-2(4,5)1(6)7/h1-14,17,19,23H,15-16,18H2,(H,29,30)(H,31,34);(H,6,7). The van der Waals surface area contributed by atoms with E-state index in [-0.39, 0.29) is 11.9 Å². The number of nitrogens with one attached hydrogen (secondary N) is 2. The van der Waals surface area contributed by atoms with E-state index in [9.17, 15) is 18.0 Å². The Balaban J connectivity index is 0.000000566. The molecule has 0 aliphatic rings. The van der Waals surface area contributed by atoms with Crippen LogP contribution in [0.4, 0.5) is 13.2 Å². The summed E-state index contributed by atoms with van der Waals surface area (Å²) in [5.74, 6) is -2.04. The van der Waals surface area contributed by atoms with Crippen LogP contribution in [-0.2, 0) is 23.4 Å². The molecule has 228 valence electrons. The molecule has 8 nitrogen and oxygen atoms in total. The number of benzene rings is 3. The summed E-state index contributed by atoms with van der Waals surface area (Å²) in [7, 11) is 0. The highest BCUT2D eigenvalue weighted by Gasteiger charge is 2.38. The Morgan fingerprint density at radius 3 is 2.16 bits per heavy atom. The number of carboxylic acids is 1. The Morgan fingerprint density at radius 1 is 0.977 bits per heavy atom. The van der Waals surface area contributed by atoms with Crippen LogP contribution in [0.5, 0.6) is 0 Å². The van der Waals surface area contributed by atoms with Crippen molar-refractivity contribution in [2.45, 2.75) is 35.2 Å². The maximum absolute atomic E-state index is 13.1. The van der Waals surface area contributed by atoms with Crippen LogP contribution in [0.25, 0.3) is 5.69 Å². The molecule has 0 aliphatic heterocycles. The summed E-state index contributed by atoms with van der Waals surface area (Å²) in [6.07, 6.45) is -0.245. The third-order valence-electron chi connectivity index (χ3n) is 6.03. The van der Waals surface area contributed by atoms with Crippen LogP contribution >= 0.6 is 35.3 Å². The number of carboxylic acid groups (broad SMARTS) is 1. The predicted molar refractivity (Wildman–Crippen MR) is 166 cm³/mol. The Bertz CT molecular complexity index is 1690. The molecule has 1 unspecified atom stereocenters. The lowest BCUT2D eigenvalue weighted by Gasteiger charge is -2.18. The van der Waals surface area contributed by atoms with E-state index in [2.05, 4.69) is 39.6 Å². The minimum Gasteiger partial charge on any atom is -0.475 e. The minimum absolute atomic E-state index is 0.0774. The third kappa shape index (κ3) is 9.89. The molecule has 0 radical (unpaired) electrons. The molecule has 0 spiro atoms. The number of aromatic nitrogens is 4. The van der Waals surface area contributed by atoms with Crippen LogP contribution in [0.15, 0.2) is 102 Å². The molecular formula is C30H26F3N5O3S3. The normalized spacial score (nSPS) is 11.7. The molecule has 0 saturated carbocycles. The molecule has 1 amide bonds. The average Bonchev–Trinajstić information content (AvgIpc) is 3.66. The monoisotopic (exact) mass is 657 g/mol. The Hall–Kier alpha value is -4.27. The molecule has 44 heavy (non-hydrogen) atoms. The van der Waals surface area contributed by atoms with E-state index in [0.29, 0.717) is 15.9 Å². The maximum atomic E-state index is 13.1. The van der Waals surface area contributed by atoms with Crippen molar-refractivity contribution >= 4 is 47.2 Å². The lowest BCUT2D eigenvalue weighted by molar-refractivity contribution is -0.192. The summed E-state index contributed by atoms with van der Waals surface area (Å²) in [5.41, 5.74) is 4.82. The maximum Gasteiger partial charge on any atom is 0.490 e. The zero-order valence-electron chi connectivity index (χ0n) is 22.9. The summed E-state index contributed by atoms with van der Waals surface area (Å²) in [6.45, 7) is 0. The molecular weight excluding hydrogens is 632 g/mol. The number of imidazole rings is 1. The summed E-state index contributed by atoms with van der Waals surface area (Å²) in [6, 6.07) is 27.8. The first-order valence-electron chi connectivity index (χ1n) is 13.1. The highest BCUT2D eigenvalue weighted by molar-refractivity contribution is 8.00. The van der Waals surface area contributed by atoms with Gasteiger partial charge in [0, 0.05) is 35.7 Å². The second kappa shape index (κ2) is 15.5. The predicted octanol–water partition coefficient (Wildman–Crippen LogP) is 6.90. The van der Waals surface area contributed by atoms with Gasteiger partial charge in [-0.3, -0.25) is 4.79 Å². The molecule has 5 rings (SSSR count). The summed E-state index contributed by atoms with van der Waals surface area (Å²) in [5, 5.41) is 15.0. The van der Waals surface area contributed by atoms with E-state index in [1.54, 1.807) is 29.0 Å². The number of aliphatic carboxylic acids is 1. The number of carbonyl (C=O) groups excluding carboxylic acids is 1. The van der Waals surface area contributed by atoms with Gasteiger partial charge in [-0.15, -0.1) is 5.10 Å².